The summed E-state index contributed by atoms with van der Waals surface area (Å²) in [5.74, 6) is -0.0840. The highest BCUT2D eigenvalue weighted by Gasteiger charge is 2.37. The third kappa shape index (κ3) is 6.78. The number of rotatable bonds is 10. The number of anilines is 1. The molecule has 11 heteroatoms. The van der Waals surface area contributed by atoms with E-state index in [1.165, 1.54) is 6.08 Å². The first-order valence-corrected chi connectivity index (χ1v) is 13.9. The van der Waals surface area contributed by atoms with E-state index < -0.39 is 17.8 Å². The molecule has 40 heavy (non-hydrogen) atoms. The molecular formula is C29H25BrCl2N2O6. The SMILES string of the molecule is CCCOc1c(Br)cc(/C=C2\C(=O)NC(=O)N(c3ccc(OCc4ccc(Cl)cc4Cl)cc3)C2=O)cc1OCC. The number of amides is 4. The number of imide groups is 2. The third-order valence-corrected chi connectivity index (χ3v) is 6.88. The summed E-state index contributed by atoms with van der Waals surface area (Å²) in [6.45, 7) is 4.92. The summed E-state index contributed by atoms with van der Waals surface area (Å²) < 4.78 is 17.9. The van der Waals surface area contributed by atoms with E-state index in [2.05, 4.69) is 21.2 Å². The third-order valence-electron chi connectivity index (χ3n) is 5.70. The Morgan fingerprint density at radius 3 is 2.38 bits per heavy atom. The van der Waals surface area contributed by atoms with E-state index in [1.807, 2.05) is 13.8 Å². The van der Waals surface area contributed by atoms with Crippen LogP contribution in [0.25, 0.3) is 6.08 Å². The molecule has 0 radical (unpaired) electrons. The van der Waals surface area contributed by atoms with Gasteiger partial charge in [-0.1, -0.05) is 36.2 Å². The van der Waals surface area contributed by atoms with E-state index in [4.69, 9.17) is 37.4 Å². The van der Waals surface area contributed by atoms with Gasteiger partial charge >= 0.3 is 6.03 Å². The van der Waals surface area contributed by atoms with E-state index in [1.54, 1.807) is 54.6 Å². The number of hydrogen-bond donors (Lipinski definition) is 1. The van der Waals surface area contributed by atoms with Gasteiger partial charge in [-0.05, 0) is 89.4 Å². The lowest BCUT2D eigenvalue weighted by Crippen LogP contribution is -2.54. The van der Waals surface area contributed by atoms with Gasteiger partial charge in [0.05, 0.1) is 23.4 Å². The highest BCUT2D eigenvalue weighted by molar-refractivity contribution is 9.10. The van der Waals surface area contributed by atoms with Crippen molar-refractivity contribution in [2.24, 2.45) is 0 Å². The van der Waals surface area contributed by atoms with Gasteiger partial charge in [0, 0.05) is 15.6 Å². The molecule has 3 aromatic rings. The minimum atomic E-state index is -0.853. The summed E-state index contributed by atoms with van der Waals surface area (Å²) in [5.41, 5.74) is 1.31. The van der Waals surface area contributed by atoms with Crippen LogP contribution in [-0.2, 0) is 16.2 Å². The van der Waals surface area contributed by atoms with Crippen LogP contribution < -0.4 is 24.4 Å². The maximum absolute atomic E-state index is 13.4. The van der Waals surface area contributed by atoms with Crippen molar-refractivity contribution in [3.8, 4) is 17.2 Å². The number of carbonyl (C=O) groups excluding carboxylic acids is 3. The number of halogens is 3. The Labute approximate surface area is 249 Å². The topological polar surface area (TPSA) is 94.2 Å². The lowest BCUT2D eigenvalue weighted by atomic mass is 10.1. The normalized spacial score (nSPS) is 14.4. The molecule has 8 nitrogen and oxygen atoms in total. The Kier molecular flexibility index (Phi) is 9.73. The summed E-state index contributed by atoms with van der Waals surface area (Å²) in [7, 11) is 0. The number of barbiturate groups is 1. The first kappa shape index (κ1) is 29.5. The zero-order valence-corrected chi connectivity index (χ0v) is 24.7. The number of nitrogens with one attached hydrogen (secondary N) is 1. The number of benzene rings is 3. The zero-order chi connectivity index (χ0) is 28.8. The van der Waals surface area contributed by atoms with E-state index >= 15 is 0 Å². The maximum Gasteiger partial charge on any atom is 0.335 e. The molecule has 0 aliphatic carbocycles. The van der Waals surface area contributed by atoms with E-state index in [-0.39, 0.29) is 17.9 Å². The molecule has 0 atom stereocenters. The second-order valence-corrected chi connectivity index (χ2v) is 10.3. The molecular weight excluding hydrogens is 623 g/mol. The Hall–Kier alpha value is -3.53. The van der Waals surface area contributed by atoms with Gasteiger partial charge in [-0.15, -0.1) is 0 Å². The van der Waals surface area contributed by atoms with Crippen molar-refractivity contribution in [2.45, 2.75) is 26.9 Å². The molecule has 0 saturated carbocycles. The molecule has 1 saturated heterocycles. The highest BCUT2D eigenvalue weighted by atomic mass is 79.9. The van der Waals surface area contributed by atoms with E-state index in [0.717, 1.165) is 16.9 Å². The van der Waals surface area contributed by atoms with Crippen LogP contribution in [0.15, 0.2) is 64.6 Å². The van der Waals surface area contributed by atoms with Crippen molar-refractivity contribution in [1.29, 1.82) is 0 Å². The second-order valence-electron chi connectivity index (χ2n) is 8.59. The fraction of sp³-hybridized carbons (Fsp3) is 0.207. The van der Waals surface area contributed by atoms with Crippen molar-refractivity contribution >= 4 is 68.7 Å². The molecule has 1 aliphatic heterocycles. The number of urea groups is 1. The Bertz CT molecular complexity index is 1480. The number of ether oxygens (including phenoxy) is 3. The first-order valence-electron chi connectivity index (χ1n) is 12.4. The summed E-state index contributed by atoms with van der Waals surface area (Å²) in [6.07, 6.45) is 2.22. The minimum Gasteiger partial charge on any atom is -0.490 e. The van der Waals surface area contributed by atoms with Gasteiger partial charge in [-0.3, -0.25) is 14.9 Å². The smallest absolute Gasteiger partial charge is 0.335 e. The van der Waals surface area contributed by atoms with Crippen LogP contribution >= 0.6 is 39.1 Å². The molecule has 3 aromatic carbocycles. The summed E-state index contributed by atoms with van der Waals surface area (Å²) >= 11 is 15.6. The lowest BCUT2D eigenvalue weighted by molar-refractivity contribution is -0.122. The zero-order valence-electron chi connectivity index (χ0n) is 21.6. The molecule has 1 aliphatic rings. The van der Waals surface area contributed by atoms with Gasteiger partial charge in [0.1, 0.15) is 17.9 Å². The fourth-order valence-electron chi connectivity index (χ4n) is 3.83. The Morgan fingerprint density at radius 2 is 1.70 bits per heavy atom. The van der Waals surface area contributed by atoms with Gasteiger partial charge in [-0.2, -0.15) is 0 Å². The van der Waals surface area contributed by atoms with Gasteiger partial charge in [0.2, 0.25) is 0 Å². The monoisotopic (exact) mass is 646 g/mol. The first-order chi connectivity index (χ1) is 19.2. The molecule has 0 spiro atoms. The van der Waals surface area contributed by atoms with Crippen LogP contribution in [0.2, 0.25) is 10.0 Å². The van der Waals surface area contributed by atoms with Crippen molar-refractivity contribution in [3.05, 3.63) is 85.8 Å². The van der Waals surface area contributed by atoms with Gasteiger partial charge in [0.15, 0.2) is 11.5 Å². The minimum absolute atomic E-state index is 0.196. The number of hydrogen-bond acceptors (Lipinski definition) is 6. The van der Waals surface area contributed by atoms with Crippen LogP contribution in [0.4, 0.5) is 10.5 Å². The van der Waals surface area contributed by atoms with Crippen LogP contribution in [0.3, 0.4) is 0 Å². The molecule has 0 aromatic heterocycles. The van der Waals surface area contributed by atoms with Crippen molar-refractivity contribution in [3.63, 3.8) is 0 Å². The van der Waals surface area contributed by atoms with Crippen LogP contribution in [0, 0.1) is 0 Å². The number of carbonyl (C=O) groups is 3. The van der Waals surface area contributed by atoms with Crippen molar-refractivity contribution < 1.29 is 28.6 Å². The summed E-state index contributed by atoms with van der Waals surface area (Å²) in [6, 6.07) is 14.0. The van der Waals surface area contributed by atoms with Crippen LogP contribution in [0.1, 0.15) is 31.4 Å². The van der Waals surface area contributed by atoms with Gasteiger partial charge < -0.3 is 14.2 Å². The van der Waals surface area contributed by atoms with E-state index in [9.17, 15) is 14.4 Å². The molecule has 4 rings (SSSR count). The van der Waals surface area contributed by atoms with Gasteiger partial charge in [-0.25, -0.2) is 9.69 Å². The average Bonchev–Trinajstić information content (AvgIpc) is 2.91. The molecule has 0 unspecified atom stereocenters. The maximum atomic E-state index is 13.4. The van der Waals surface area contributed by atoms with Crippen molar-refractivity contribution in [2.75, 3.05) is 18.1 Å². The van der Waals surface area contributed by atoms with E-state index in [0.29, 0.717) is 50.5 Å². The molecule has 1 N–H and O–H groups in total. The largest absolute Gasteiger partial charge is 0.490 e. The lowest BCUT2D eigenvalue weighted by Gasteiger charge is -2.26. The predicted octanol–water partition coefficient (Wildman–Crippen LogP) is 7.19. The average molecular weight is 648 g/mol. The van der Waals surface area contributed by atoms with Crippen molar-refractivity contribution in [1.82, 2.24) is 5.32 Å². The highest BCUT2D eigenvalue weighted by Crippen LogP contribution is 2.38. The Morgan fingerprint density at radius 1 is 0.950 bits per heavy atom. The fourth-order valence-corrected chi connectivity index (χ4v) is 4.87. The van der Waals surface area contributed by atoms with Crippen LogP contribution in [-0.4, -0.2) is 31.1 Å². The molecule has 4 amide bonds. The molecule has 1 heterocycles. The molecule has 0 bridgehead atoms. The number of nitrogens with zero attached hydrogens (tertiary/aromatic N) is 1. The molecule has 1 fully saturated rings. The predicted molar refractivity (Wildman–Crippen MR) is 157 cm³/mol. The Balaban J connectivity index is 1.56. The summed E-state index contributed by atoms with van der Waals surface area (Å²) in [5, 5.41) is 3.23. The summed E-state index contributed by atoms with van der Waals surface area (Å²) in [4.78, 5) is 39.6. The van der Waals surface area contributed by atoms with Gasteiger partial charge in [0.25, 0.3) is 11.8 Å². The molecule has 208 valence electrons. The second kappa shape index (κ2) is 13.2. The quantitative estimate of drug-likeness (QED) is 0.185. The standard InChI is InChI=1S/C29H25BrCl2N2O6/c1-3-11-39-26-23(30)13-17(14-25(26)38-4-2)12-22-27(35)33-29(37)34(28(22)36)20-7-9-21(10-8-20)40-16-18-5-6-19(31)15-24(18)32/h5-10,12-15H,3-4,11,16H2,1-2H3,(H,33,35,37)/b22-12+. The van der Waals surface area contributed by atoms with Crippen LogP contribution in [0.5, 0.6) is 17.2 Å².